The number of hydrogen-bond donors (Lipinski definition) is 1. The van der Waals surface area contributed by atoms with Gasteiger partial charge in [-0.15, -0.1) is 0 Å². The van der Waals surface area contributed by atoms with Gasteiger partial charge < -0.3 is 9.84 Å². The first kappa shape index (κ1) is 29.0. The van der Waals surface area contributed by atoms with Gasteiger partial charge in [0.1, 0.15) is 0 Å². The first-order valence-corrected chi connectivity index (χ1v) is 16.0. The molecule has 8 nitrogen and oxygen atoms in total. The maximum absolute atomic E-state index is 14.6. The second-order valence-corrected chi connectivity index (χ2v) is 13.6. The van der Waals surface area contributed by atoms with Crippen LogP contribution in [0, 0.1) is 29.1 Å². The molecule has 3 fully saturated rings. The van der Waals surface area contributed by atoms with Gasteiger partial charge in [-0.2, -0.15) is 0 Å². The van der Waals surface area contributed by atoms with Crippen molar-refractivity contribution in [3.63, 3.8) is 0 Å². The quantitative estimate of drug-likeness (QED) is 0.249. The summed E-state index contributed by atoms with van der Waals surface area (Å²) in [4.78, 5) is 59.3. The Labute approximate surface area is 270 Å². The molecule has 44 heavy (non-hydrogen) atoms. The first-order chi connectivity index (χ1) is 21.1. The summed E-state index contributed by atoms with van der Waals surface area (Å²) in [6.45, 7) is 1.83. The molecular formula is C34H28Br2N2O6. The van der Waals surface area contributed by atoms with Crippen LogP contribution in [0.15, 0.2) is 87.3 Å². The number of carbonyl (C=O) groups excluding carboxylic acids is 4. The number of hydrogen-bond acceptors (Lipinski definition) is 6. The van der Waals surface area contributed by atoms with Crippen molar-refractivity contribution >= 4 is 66.9 Å². The maximum atomic E-state index is 14.6. The number of halogens is 2. The summed E-state index contributed by atoms with van der Waals surface area (Å²) in [6, 6.07) is 19.5. The highest BCUT2D eigenvalue weighted by atomic mass is 79.9. The fourth-order valence-corrected chi connectivity index (χ4v) is 8.95. The van der Waals surface area contributed by atoms with Crippen LogP contribution in [-0.4, -0.2) is 35.8 Å². The highest BCUT2D eigenvalue weighted by Crippen LogP contribution is 2.65. The van der Waals surface area contributed by atoms with E-state index in [0.29, 0.717) is 32.3 Å². The van der Waals surface area contributed by atoms with Gasteiger partial charge in [0, 0.05) is 10.4 Å². The molecular weight excluding hydrogens is 692 g/mol. The number of allylic oxidation sites excluding steroid dienone is 2. The van der Waals surface area contributed by atoms with E-state index in [1.54, 1.807) is 54.6 Å². The number of phenols is 1. The highest BCUT2D eigenvalue weighted by Gasteiger charge is 2.68. The van der Waals surface area contributed by atoms with Crippen LogP contribution >= 0.6 is 31.9 Å². The number of fused-ring (bicyclic) bond motifs is 4. The first-order valence-electron chi connectivity index (χ1n) is 14.4. The standard InChI is InChI=1S/C34H28Br2N2O6/c1-34-23(31(41)38(33(34)43)18-11-7-4-8-12-18)15-21-19(26(34)22-16-24(44-2)29(39)28(36)27(22)35)13-14-20-25(21)32(42)37(30(20)40)17-9-5-3-6-10-17/h3-13,16,20-21,23,25-26,39H,14-15H2,1-2H3/t20-,21+,23-,25-,26+,34+/m0/s1. The fraction of sp³-hybridized carbons (Fsp3) is 0.294. The van der Waals surface area contributed by atoms with Crippen LogP contribution < -0.4 is 14.5 Å². The number of amides is 4. The molecule has 0 unspecified atom stereocenters. The molecule has 4 amide bonds. The number of aromatic hydroxyl groups is 1. The molecule has 4 aliphatic rings. The Hall–Kier alpha value is -3.76. The van der Waals surface area contributed by atoms with Crippen molar-refractivity contribution < 1.29 is 29.0 Å². The zero-order chi connectivity index (χ0) is 31.1. The third-order valence-corrected chi connectivity index (χ3v) is 12.2. The van der Waals surface area contributed by atoms with Crippen molar-refractivity contribution in [2.75, 3.05) is 16.9 Å². The van der Waals surface area contributed by atoms with Crippen molar-refractivity contribution in [1.29, 1.82) is 0 Å². The third kappa shape index (κ3) is 3.86. The van der Waals surface area contributed by atoms with Crippen molar-refractivity contribution in [3.05, 3.63) is 92.9 Å². The number of ether oxygens (including phenoxy) is 1. The molecule has 3 aromatic carbocycles. The smallest absolute Gasteiger partial charge is 0.241 e. The summed E-state index contributed by atoms with van der Waals surface area (Å²) in [5.41, 5.74) is 1.26. The number of benzene rings is 3. The molecule has 6 atom stereocenters. The Bertz CT molecular complexity index is 1780. The number of para-hydroxylation sites is 2. The highest BCUT2D eigenvalue weighted by molar-refractivity contribution is 9.13. The zero-order valence-corrected chi connectivity index (χ0v) is 27.0. The van der Waals surface area contributed by atoms with E-state index in [2.05, 4.69) is 31.9 Å². The molecule has 0 aromatic heterocycles. The minimum atomic E-state index is -1.23. The average Bonchev–Trinajstić information content (AvgIpc) is 3.40. The van der Waals surface area contributed by atoms with E-state index < -0.39 is 35.0 Å². The minimum Gasteiger partial charge on any atom is -0.503 e. The average molecular weight is 720 g/mol. The Morgan fingerprint density at radius 2 is 1.45 bits per heavy atom. The van der Waals surface area contributed by atoms with Crippen molar-refractivity contribution in [1.82, 2.24) is 0 Å². The van der Waals surface area contributed by atoms with Gasteiger partial charge in [-0.05, 0) is 93.4 Å². The van der Waals surface area contributed by atoms with Gasteiger partial charge in [0.25, 0.3) is 0 Å². The number of nitrogens with zero attached hydrogens (tertiary/aromatic N) is 2. The van der Waals surface area contributed by atoms with E-state index in [4.69, 9.17) is 4.74 Å². The molecule has 2 aliphatic heterocycles. The summed E-state index contributed by atoms with van der Waals surface area (Å²) < 4.78 is 6.37. The van der Waals surface area contributed by atoms with Crippen LogP contribution in [0.3, 0.4) is 0 Å². The molecule has 1 N–H and O–H groups in total. The molecule has 2 saturated heterocycles. The lowest BCUT2D eigenvalue weighted by atomic mass is 9.51. The molecule has 10 heteroatoms. The molecule has 2 aliphatic carbocycles. The summed E-state index contributed by atoms with van der Waals surface area (Å²) in [6.07, 6.45) is 2.59. The van der Waals surface area contributed by atoms with Gasteiger partial charge in [0.05, 0.1) is 46.1 Å². The van der Waals surface area contributed by atoms with Gasteiger partial charge in [-0.1, -0.05) is 48.0 Å². The minimum absolute atomic E-state index is 0.107. The Balaban J connectivity index is 1.42. The van der Waals surface area contributed by atoms with Crippen LogP contribution in [0.2, 0.25) is 0 Å². The van der Waals surface area contributed by atoms with Crippen LogP contribution in [0.25, 0.3) is 0 Å². The van der Waals surface area contributed by atoms with Gasteiger partial charge in [-0.3, -0.25) is 24.1 Å². The molecule has 0 bridgehead atoms. The van der Waals surface area contributed by atoms with Gasteiger partial charge in [0.2, 0.25) is 23.6 Å². The Morgan fingerprint density at radius 1 is 0.841 bits per heavy atom. The van der Waals surface area contributed by atoms with E-state index in [1.165, 1.54) is 16.9 Å². The molecule has 3 aromatic rings. The Kier molecular flexibility index (Phi) is 6.86. The van der Waals surface area contributed by atoms with E-state index in [1.807, 2.05) is 25.1 Å². The van der Waals surface area contributed by atoms with Crippen LogP contribution in [0.4, 0.5) is 11.4 Å². The number of phenolic OH excluding ortho intramolecular Hbond substituents is 1. The second-order valence-electron chi connectivity index (χ2n) is 12.0. The molecule has 224 valence electrons. The fourth-order valence-electron chi connectivity index (χ4n) is 7.99. The molecule has 7 rings (SSSR count). The lowest BCUT2D eigenvalue weighted by Crippen LogP contribution is -2.49. The van der Waals surface area contributed by atoms with E-state index in [0.717, 1.165) is 5.57 Å². The number of anilines is 2. The predicted molar refractivity (Wildman–Crippen MR) is 170 cm³/mol. The summed E-state index contributed by atoms with van der Waals surface area (Å²) in [5, 5.41) is 10.8. The number of rotatable bonds is 4. The van der Waals surface area contributed by atoms with Crippen molar-refractivity contribution in [2.24, 2.45) is 29.1 Å². The number of methoxy groups -OCH3 is 1. The van der Waals surface area contributed by atoms with Crippen molar-refractivity contribution in [2.45, 2.75) is 25.7 Å². The number of imide groups is 2. The van der Waals surface area contributed by atoms with E-state index >= 15 is 0 Å². The monoisotopic (exact) mass is 718 g/mol. The SMILES string of the molecule is COc1cc([C@H]2C3=CC[C@@H]4C(=O)N(c5ccccc5)C(=O)[C@@H]4[C@@H]3C[C@H]3C(=O)N(c4ccccc4)C(=O)[C@@]23C)c(Br)c(Br)c1O. The molecule has 2 heterocycles. The van der Waals surface area contributed by atoms with E-state index in [9.17, 15) is 24.3 Å². The molecule has 1 saturated carbocycles. The summed E-state index contributed by atoms with van der Waals surface area (Å²) in [7, 11) is 1.44. The lowest BCUT2D eigenvalue weighted by Gasteiger charge is -2.49. The zero-order valence-electron chi connectivity index (χ0n) is 23.9. The van der Waals surface area contributed by atoms with Gasteiger partial charge in [-0.25, -0.2) is 4.90 Å². The largest absolute Gasteiger partial charge is 0.503 e. The summed E-state index contributed by atoms with van der Waals surface area (Å²) >= 11 is 7.13. The van der Waals surface area contributed by atoms with E-state index in [-0.39, 0.29) is 41.5 Å². The lowest BCUT2D eigenvalue weighted by molar-refractivity contribution is -0.131. The van der Waals surface area contributed by atoms with Crippen LogP contribution in [0.5, 0.6) is 11.5 Å². The van der Waals surface area contributed by atoms with Gasteiger partial charge in [0.15, 0.2) is 11.5 Å². The van der Waals surface area contributed by atoms with Gasteiger partial charge >= 0.3 is 0 Å². The van der Waals surface area contributed by atoms with Crippen molar-refractivity contribution in [3.8, 4) is 11.5 Å². The second kappa shape index (κ2) is 10.4. The summed E-state index contributed by atoms with van der Waals surface area (Å²) in [5.74, 6) is -4.23. The molecule has 0 spiro atoms. The normalized spacial score (nSPS) is 29.4. The Morgan fingerprint density at radius 3 is 2.07 bits per heavy atom. The van der Waals surface area contributed by atoms with Crippen LogP contribution in [0.1, 0.15) is 31.2 Å². The topological polar surface area (TPSA) is 104 Å². The third-order valence-electron chi connectivity index (χ3n) is 10.0. The van der Waals surface area contributed by atoms with Crippen LogP contribution in [-0.2, 0) is 19.2 Å². The maximum Gasteiger partial charge on any atom is 0.241 e. The number of carbonyl (C=O) groups is 4. The predicted octanol–water partition coefficient (Wildman–Crippen LogP) is 6.36. The molecule has 0 radical (unpaired) electrons.